The summed E-state index contributed by atoms with van der Waals surface area (Å²) in [5, 5.41) is 2.35. The first-order chi connectivity index (χ1) is 12.9. The molecule has 4 aromatic carbocycles. The molecule has 0 bridgehead atoms. The van der Waals surface area contributed by atoms with E-state index in [4.69, 9.17) is 4.74 Å². The summed E-state index contributed by atoms with van der Waals surface area (Å²) in [6.07, 6.45) is 0. The van der Waals surface area contributed by atoms with Crippen molar-refractivity contribution >= 4 is 10.8 Å². The number of quaternary nitrogens is 1. The van der Waals surface area contributed by atoms with Gasteiger partial charge in [-0.2, -0.15) is 0 Å². The van der Waals surface area contributed by atoms with Gasteiger partial charge in [0, 0.05) is 5.39 Å². The minimum atomic E-state index is 0. The molecule has 4 aromatic rings. The van der Waals surface area contributed by atoms with Crippen LogP contribution in [0.15, 0.2) is 97.1 Å². The molecule has 0 fully saturated rings. The number of fused-ring (bicyclic) bond motifs is 1. The first-order valence-corrected chi connectivity index (χ1v) is 8.95. The SMILES string of the molecule is [Cl-].[NH3+]CC(c1ccccc1)c1ccc(Oc2ccccc2)c2ccccc12. The van der Waals surface area contributed by atoms with Gasteiger partial charge < -0.3 is 22.9 Å². The van der Waals surface area contributed by atoms with Crippen LogP contribution in [0.3, 0.4) is 0 Å². The lowest BCUT2D eigenvalue weighted by molar-refractivity contribution is -0.370. The number of ether oxygens (including phenoxy) is 1. The van der Waals surface area contributed by atoms with Gasteiger partial charge in [0.1, 0.15) is 11.5 Å². The van der Waals surface area contributed by atoms with Crippen molar-refractivity contribution in [2.45, 2.75) is 5.92 Å². The second-order valence-corrected chi connectivity index (χ2v) is 6.37. The molecule has 0 aliphatic heterocycles. The van der Waals surface area contributed by atoms with Crippen LogP contribution in [0, 0.1) is 0 Å². The molecule has 1 atom stereocenters. The predicted octanol–water partition coefficient (Wildman–Crippen LogP) is 2.01. The van der Waals surface area contributed by atoms with Gasteiger partial charge in [0.25, 0.3) is 0 Å². The van der Waals surface area contributed by atoms with Gasteiger partial charge >= 0.3 is 0 Å². The zero-order chi connectivity index (χ0) is 17.8. The lowest BCUT2D eigenvalue weighted by Crippen LogP contribution is -3.00. The van der Waals surface area contributed by atoms with Gasteiger partial charge in [0.2, 0.25) is 0 Å². The van der Waals surface area contributed by atoms with E-state index in [0.29, 0.717) is 0 Å². The summed E-state index contributed by atoms with van der Waals surface area (Å²) in [4.78, 5) is 0. The highest BCUT2D eigenvalue weighted by atomic mass is 35.5. The Morgan fingerprint density at radius 3 is 1.93 bits per heavy atom. The maximum Gasteiger partial charge on any atom is 0.135 e. The van der Waals surface area contributed by atoms with Crippen molar-refractivity contribution in [3.8, 4) is 11.5 Å². The Kier molecular flexibility index (Phi) is 6.12. The lowest BCUT2D eigenvalue weighted by atomic mass is 9.87. The Morgan fingerprint density at radius 2 is 1.26 bits per heavy atom. The molecule has 0 aliphatic carbocycles. The van der Waals surface area contributed by atoms with Crippen molar-refractivity contribution in [1.29, 1.82) is 0 Å². The Morgan fingerprint density at radius 1 is 0.667 bits per heavy atom. The number of halogens is 1. The van der Waals surface area contributed by atoms with Crippen LogP contribution in [0.25, 0.3) is 10.8 Å². The maximum atomic E-state index is 6.15. The molecule has 4 rings (SSSR count). The Labute approximate surface area is 166 Å². The molecule has 0 spiro atoms. The average molecular weight is 376 g/mol. The van der Waals surface area contributed by atoms with Crippen LogP contribution in [0.4, 0.5) is 0 Å². The molecule has 2 nitrogen and oxygen atoms in total. The maximum absolute atomic E-state index is 6.15. The van der Waals surface area contributed by atoms with Gasteiger partial charge in [-0.25, -0.2) is 0 Å². The Hall–Kier alpha value is -2.81. The molecule has 27 heavy (non-hydrogen) atoms. The average Bonchev–Trinajstić information content (AvgIpc) is 2.72. The fraction of sp³-hybridized carbons (Fsp3) is 0.0833. The van der Waals surface area contributed by atoms with E-state index in [0.717, 1.165) is 23.4 Å². The van der Waals surface area contributed by atoms with Crippen molar-refractivity contribution in [1.82, 2.24) is 0 Å². The van der Waals surface area contributed by atoms with Gasteiger partial charge in [-0.3, -0.25) is 0 Å². The molecule has 0 aromatic heterocycles. The minimum Gasteiger partial charge on any atom is -1.00 e. The first-order valence-electron chi connectivity index (χ1n) is 8.95. The molecule has 136 valence electrons. The molecule has 0 heterocycles. The predicted molar refractivity (Wildman–Crippen MR) is 107 cm³/mol. The molecular formula is C24H22ClNO. The van der Waals surface area contributed by atoms with Crippen LogP contribution < -0.4 is 22.9 Å². The zero-order valence-electron chi connectivity index (χ0n) is 15.0. The van der Waals surface area contributed by atoms with Crippen molar-refractivity contribution in [3.05, 3.63) is 108 Å². The normalized spacial score (nSPS) is 11.6. The van der Waals surface area contributed by atoms with Crippen molar-refractivity contribution < 1.29 is 22.9 Å². The summed E-state index contributed by atoms with van der Waals surface area (Å²) in [5.74, 6) is 2.00. The van der Waals surface area contributed by atoms with Crippen LogP contribution >= 0.6 is 0 Å². The van der Waals surface area contributed by atoms with Gasteiger partial charge in [-0.1, -0.05) is 78.9 Å². The van der Waals surface area contributed by atoms with E-state index in [1.807, 2.05) is 30.3 Å². The fourth-order valence-corrected chi connectivity index (χ4v) is 3.49. The lowest BCUT2D eigenvalue weighted by Gasteiger charge is -2.18. The van der Waals surface area contributed by atoms with Gasteiger partial charge in [0.05, 0.1) is 12.5 Å². The topological polar surface area (TPSA) is 36.9 Å². The smallest absolute Gasteiger partial charge is 0.135 e. The zero-order valence-corrected chi connectivity index (χ0v) is 15.8. The van der Waals surface area contributed by atoms with Gasteiger partial charge in [0.15, 0.2) is 0 Å². The van der Waals surface area contributed by atoms with E-state index in [2.05, 4.69) is 72.5 Å². The third-order valence-corrected chi connectivity index (χ3v) is 4.75. The standard InChI is InChI=1S/C24H21NO.ClH/c25-17-23(18-9-3-1-4-10-18)21-15-16-24(22-14-8-7-13-20(21)22)26-19-11-5-2-6-12-19;/h1-16,23H,17,25H2;1H. The third-order valence-electron chi connectivity index (χ3n) is 4.75. The second kappa shape index (κ2) is 8.72. The fourth-order valence-electron chi connectivity index (χ4n) is 3.49. The van der Waals surface area contributed by atoms with Crippen LogP contribution in [-0.4, -0.2) is 6.54 Å². The van der Waals surface area contributed by atoms with E-state index in [-0.39, 0.29) is 18.3 Å². The molecule has 3 heteroatoms. The quantitative estimate of drug-likeness (QED) is 0.569. The molecular weight excluding hydrogens is 354 g/mol. The minimum absolute atomic E-state index is 0. The number of hydrogen-bond acceptors (Lipinski definition) is 1. The Balaban J connectivity index is 0.00000210. The van der Waals surface area contributed by atoms with Crippen LogP contribution in [0.1, 0.15) is 17.0 Å². The van der Waals surface area contributed by atoms with E-state index >= 15 is 0 Å². The summed E-state index contributed by atoms with van der Waals surface area (Å²) in [6.45, 7) is 0.812. The monoisotopic (exact) mass is 375 g/mol. The molecule has 0 saturated carbocycles. The molecule has 1 unspecified atom stereocenters. The van der Waals surface area contributed by atoms with Crippen molar-refractivity contribution in [3.63, 3.8) is 0 Å². The highest BCUT2D eigenvalue weighted by Gasteiger charge is 2.18. The van der Waals surface area contributed by atoms with E-state index < -0.39 is 0 Å². The summed E-state index contributed by atoms with van der Waals surface area (Å²) < 4.78 is 6.15. The van der Waals surface area contributed by atoms with Crippen molar-refractivity contribution in [2.24, 2.45) is 0 Å². The van der Waals surface area contributed by atoms with E-state index in [9.17, 15) is 0 Å². The van der Waals surface area contributed by atoms with Gasteiger partial charge in [-0.15, -0.1) is 0 Å². The summed E-state index contributed by atoms with van der Waals surface area (Å²) in [6, 6.07) is 33.2. The number of benzene rings is 4. The highest BCUT2D eigenvalue weighted by Crippen LogP contribution is 2.36. The van der Waals surface area contributed by atoms with Crippen LogP contribution in [0.2, 0.25) is 0 Å². The molecule has 0 amide bonds. The van der Waals surface area contributed by atoms with Crippen LogP contribution in [0.5, 0.6) is 11.5 Å². The highest BCUT2D eigenvalue weighted by molar-refractivity contribution is 5.92. The first kappa shape index (κ1) is 19.0. The summed E-state index contributed by atoms with van der Waals surface area (Å²) in [7, 11) is 0. The summed E-state index contributed by atoms with van der Waals surface area (Å²) >= 11 is 0. The summed E-state index contributed by atoms with van der Waals surface area (Å²) in [5.41, 5.74) is 6.79. The molecule has 3 N–H and O–H groups in total. The van der Waals surface area contributed by atoms with Crippen molar-refractivity contribution in [2.75, 3.05) is 6.54 Å². The van der Waals surface area contributed by atoms with Crippen LogP contribution in [-0.2, 0) is 0 Å². The molecule has 0 radical (unpaired) electrons. The number of para-hydroxylation sites is 1. The number of hydrogen-bond donors (Lipinski definition) is 1. The van der Waals surface area contributed by atoms with E-state index in [1.165, 1.54) is 16.5 Å². The third kappa shape index (κ3) is 3.97. The number of rotatable bonds is 5. The molecule has 0 saturated heterocycles. The Bertz CT molecular complexity index is 1000. The molecule has 0 aliphatic rings. The largest absolute Gasteiger partial charge is 1.00 e. The second-order valence-electron chi connectivity index (χ2n) is 6.37. The van der Waals surface area contributed by atoms with Gasteiger partial charge in [-0.05, 0) is 34.7 Å². The van der Waals surface area contributed by atoms with E-state index in [1.54, 1.807) is 0 Å².